The van der Waals surface area contributed by atoms with Gasteiger partial charge in [0.2, 0.25) is 11.8 Å². The van der Waals surface area contributed by atoms with E-state index in [1.807, 2.05) is 29.2 Å². The molecular weight excluding hydrogens is 302 g/mol. The Morgan fingerprint density at radius 1 is 1.17 bits per heavy atom. The van der Waals surface area contributed by atoms with E-state index in [-0.39, 0.29) is 23.8 Å². The number of hydrogen-bond donors (Lipinski definition) is 2. The second-order valence-corrected chi connectivity index (χ2v) is 7.01. The molecule has 2 fully saturated rings. The first-order valence-corrected chi connectivity index (χ1v) is 9.06. The van der Waals surface area contributed by atoms with Crippen molar-refractivity contribution in [1.82, 2.24) is 5.32 Å². The van der Waals surface area contributed by atoms with Gasteiger partial charge in [0, 0.05) is 37.2 Å². The van der Waals surface area contributed by atoms with Gasteiger partial charge in [-0.25, -0.2) is 0 Å². The van der Waals surface area contributed by atoms with Crippen LogP contribution < -0.4 is 16.0 Å². The maximum absolute atomic E-state index is 12.3. The summed E-state index contributed by atoms with van der Waals surface area (Å²) in [5, 5.41) is 3.02. The Hall–Kier alpha value is -1.88. The van der Waals surface area contributed by atoms with Gasteiger partial charge in [0.05, 0.1) is 0 Å². The Labute approximate surface area is 143 Å². The van der Waals surface area contributed by atoms with Gasteiger partial charge >= 0.3 is 0 Å². The lowest BCUT2D eigenvalue weighted by atomic mass is 9.85. The molecule has 3 rings (SSSR count). The normalized spacial score (nSPS) is 24.7. The molecule has 1 saturated heterocycles. The number of nitrogens with zero attached hydrogens (tertiary/aromatic N) is 1. The number of anilines is 1. The third-order valence-electron chi connectivity index (χ3n) is 5.12. The molecule has 24 heavy (non-hydrogen) atoms. The minimum absolute atomic E-state index is 0.0546. The van der Waals surface area contributed by atoms with Crippen molar-refractivity contribution in [3.05, 3.63) is 29.8 Å². The highest BCUT2D eigenvalue weighted by Crippen LogP contribution is 2.24. The van der Waals surface area contributed by atoms with E-state index in [0.717, 1.165) is 56.3 Å². The summed E-state index contributed by atoms with van der Waals surface area (Å²) in [6.45, 7) is 1.33. The summed E-state index contributed by atoms with van der Waals surface area (Å²) in [5.74, 6) is 0.371. The highest BCUT2D eigenvalue weighted by molar-refractivity contribution is 5.93. The molecule has 0 bridgehead atoms. The van der Waals surface area contributed by atoms with Crippen LogP contribution in [0, 0.1) is 5.92 Å². The molecule has 5 heteroatoms. The molecule has 0 radical (unpaired) electrons. The van der Waals surface area contributed by atoms with Crippen LogP contribution in [-0.4, -0.2) is 24.4 Å². The Kier molecular flexibility index (Phi) is 5.51. The highest BCUT2D eigenvalue weighted by atomic mass is 16.2. The van der Waals surface area contributed by atoms with Crippen molar-refractivity contribution in [2.24, 2.45) is 11.7 Å². The number of amides is 2. The number of benzene rings is 1. The van der Waals surface area contributed by atoms with Crippen molar-refractivity contribution < 1.29 is 9.59 Å². The molecule has 1 saturated carbocycles. The van der Waals surface area contributed by atoms with Crippen LogP contribution in [0.25, 0.3) is 0 Å². The highest BCUT2D eigenvalue weighted by Gasteiger charge is 2.25. The van der Waals surface area contributed by atoms with Gasteiger partial charge in [-0.2, -0.15) is 0 Å². The number of carbonyl (C=O) groups is 2. The van der Waals surface area contributed by atoms with Gasteiger partial charge in [-0.3, -0.25) is 9.59 Å². The Bertz CT molecular complexity index is 585. The third kappa shape index (κ3) is 4.15. The summed E-state index contributed by atoms with van der Waals surface area (Å²) < 4.78 is 0. The largest absolute Gasteiger partial charge is 0.352 e. The van der Waals surface area contributed by atoms with Crippen LogP contribution in [0.2, 0.25) is 0 Å². The maximum atomic E-state index is 12.3. The zero-order valence-corrected chi connectivity index (χ0v) is 14.2. The molecule has 2 unspecified atom stereocenters. The minimum Gasteiger partial charge on any atom is -0.352 e. The Morgan fingerprint density at radius 2 is 1.96 bits per heavy atom. The van der Waals surface area contributed by atoms with E-state index in [4.69, 9.17) is 5.73 Å². The molecule has 130 valence electrons. The first-order chi connectivity index (χ1) is 11.6. The van der Waals surface area contributed by atoms with Crippen molar-refractivity contribution in [2.75, 3.05) is 11.4 Å². The molecule has 0 aromatic heterocycles. The fourth-order valence-corrected chi connectivity index (χ4v) is 3.67. The smallest absolute Gasteiger partial charge is 0.226 e. The lowest BCUT2D eigenvalue weighted by Crippen LogP contribution is -2.37. The molecule has 3 N–H and O–H groups in total. The quantitative estimate of drug-likeness (QED) is 0.890. The summed E-state index contributed by atoms with van der Waals surface area (Å²) in [5.41, 5.74) is 7.96. The second-order valence-electron chi connectivity index (χ2n) is 7.01. The van der Waals surface area contributed by atoms with E-state index < -0.39 is 0 Å². The van der Waals surface area contributed by atoms with Gasteiger partial charge in [0.25, 0.3) is 0 Å². The molecule has 1 aromatic carbocycles. The standard InChI is InChI=1S/C19H27N3O2/c20-16-5-3-4-15(12-16)19(24)21-13-14-7-9-17(10-8-14)22-11-2-1-6-18(22)23/h7-10,15-16H,1-6,11-13,20H2,(H,21,24). The zero-order chi connectivity index (χ0) is 16.9. The van der Waals surface area contributed by atoms with E-state index in [9.17, 15) is 9.59 Å². The van der Waals surface area contributed by atoms with E-state index in [2.05, 4.69) is 5.32 Å². The third-order valence-corrected chi connectivity index (χ3v) is 5.12. The average molecular weight is 329 g/mol. The fraction of sp³-hybridized carbons (Fsp3) is 0.579. The van der Waals surface area contributed by atoms with Crippen molar-refractivity contribution in [1.29, 1.82) is 0 Å². The van der Waals surface area contributed by atoms with Crippen molar-refractivity contribution in [3.8, 4) is 0 Å². The van der Waals surface area contributed by atoms with Crippen LogP contribution in [0.15, 0.2) is 24.3 Å². The lowest BCUT2D eigenvalue weighted by molar-refractivity contribution is -0.126. The number of nitrogens with two attached hydrogens (primary N) is 1. The van der Waals surface area contributed by atoms with Crippen LogP contribution in [-0.2, 0) is 16.1 Å². The number of carbonyl (C=O) groups excluding carboxylic acids is 2. The van der Waals surface area contributed by atoms with E-state index in [0.29, 0.717) is 13.0 Å². The van der Waals surface area contributed by atoms with Crippen molar-refractivity contribution in [3.63, 3.8) is 0 Å². The van der Waals surface area contributed by atoms with Crippen LogP contribution in [0.1, 0.15) is 50.5 Å². The topological polar surface area (TPSA) is 75.4 Å². The average Bonchev–Trinajstić information content (AvgIpc) is 2.61. The predicted molar refractivity (Wildman–Crippen MR) is 94.4 cm³/mol. The molecular formula is C19H27N3O2. The van der Waals surface area contributed by atoms with Crippen molar-refractivity contribution in [2.45, 2.75) is 57.5 Å². The zero-order valence-electron chi connectivity index (χ0n) is 14.2. The van der Waals surface area contributed by atoms with Crippen LogP contribution in [0.5, 0.6) is 0 Å². The molecule has 5 nitrogen and oxygen atoms in total. The monoisotopic (exact) mass is 329 g/mol. The summed E-state index contributed by atoms with van der Waals surface area (Å²) >= 11 is 0. The van der Waals surface area contributed by atoms with E-state index >= 15 is 0 Å². The summed E-state index contributed by atoms with van der Waals surface area (Å²) in [4.78, 5) is 26.1. The van der Waals surface area contributed by atoms with Crippen LogP contribution in [0.3, 0.4) is 0 Å². The van der Waals surface area contributed by atoms with Gasteiger partial charge < -0.3 is 16.0 Å². The van der Waals surface area contributed by atoms with Gasteiger partial charge in [-0.15, -0.1) is 0 Å². The van der Waals surface area contributed by atoms with Crippen LogP contribution >= 0.6 is 0 Å². The van der Waals surface area contributed by atoms with Gasteiger partial charge in [-0.1, -0.05) is 18.6 Å². The SMILES string of the molecule is NC1CCCC(C(=O)NCc2ccc(N3CCCCC3=O)cc2)C1. The van der Waals surface area contributed by atoms with Gasteiger partial charge in [-0.05, 0) is 49.8 Å². The van der Waals surface area contributed by atoms with Gasteiger partial charge in [0.15, 0.2) is 0 Å². The molecule has 1 aliphatic carbocycles. The van der Waals surface area contributed by atoms with Crippen molar-refractivity contribution >= 4 is 17.5 Å². The minimum atomic E-state index is 0.0546. The molecule has 2 atom stereocenters. The number of hydrogen-bond acceptors (Lipinski definition) is 3. The molecule has 2 aliphatic rings. The summed E-state index contributed by atoms with van der Waals surface area (Å²) in [7, 11) is 0. The number of piperidine rings is 1. The predicted octanol–water partition coefficient (Wildman–Crippen LogP) is 2.34. The Morgan fingerprint density at radius 3 is 2.67 bits per heavy atom. The number of nitrogens with one attached hydrogen (secondary N) is 1. The van der Waals surface area contributed by atoms with Crippen LogP contribution in [0.4, 0.5) is 5.69 Å². The second kappa shape index (κ2) is 7.79. The summed E-state index contributed by atoms with van der Waals surface area (Å²) in [6.07, 6.45) is 6.49. The first-order valence-electron chi connectivity index (χ1n) is 9.06. The summed E-state index contributed by atoms with van der Waals surface area (Å²) in [6, 6.07) is 8.09. The molecule has 1 heterocycles. The Balaban J connectivity index is 1.52. The maximum Gasteiger partial charge on any atom is 0.226 e. The molecule has 2 amide bonds. The molecule has 0 spiro atoms. The first kappa shape index (κ1) is 17.0. The van der Waals surface area contributed by atoms with Gasteiger partial charge in [0.1, 0.15) is 0 Å². The van der Waals surface area contributed by atoms with E-state index in [1.54, 1.807) is 0 Å². The lowest BCUT2D eigenvalue weighted by Gasteiger charge is -2.27. The number of rotatable bonds is 4. The molecule has 1 aliphatic heterocycles. The fourth-order valence-electron chi connectivity index (χ4n) is 3.67. The van der Waals surface area contributed by atoms with E-state index in [1.165, 1.54) is 0 Å². The molecule has 1 aromatic rings.